The van der Waals surface area contributed by atoms with Crippen molar-refractivity contribution in [3.8, 4) is 0 Å². The molecule has 0 aliphatic carbocycles. The predicted octanol–water partition coefficient (Wildman–Crippen LogP) is 2.61. The van der Waals surface area contributed by atoms with Gasteiger partial charge in [-0.1, -0.05) is 12.1 Å². The van der Waals surface area contributed by atoms with E-state index in [2.05, 4.69) is 5.32 Å². The highest BCUT2D eigenvalue weighted by Crippen LogP contribution is 2.18. The molecule has 0 atom stereocenters. The van der Waals surface area contributed by atoms with E-state index in [4.69, 9.17) is 4.74 Å². The molecule has 1 saturated heterocycles. The summed E-state index contributed by atoms with van der Waals surface area (Å²) >= 11 is 0. The molecule has 0 saturated carbocycles. The Morgan fingerprint density at radius 3 is 2.50 bits per heavy atom. The summed E-state index contributed by atoms with van der Waals surface area (Å²) in [5.74, 6) is 0. The Balaban J connectivity index is 1.98. The number of methoxy groups -OCH3 is 1. The molecule has 120 valence electrons. The molecule has 1 aromatic carbocycles. The molecule has 1 aliphatic rings. The molecule has 1 aliphatic heterocycles. The van der Waals surface area contributed by atoms with Crippen LogP contribution in [0.2, 0.25) is 0 Å². The summed E-state index contributed by atoms with van der Waals surface area (Å²) in [5, 5.41) is 2.96. The molecule has 3 amide bonds. The highest BCUT2D eigenvalue weighted by Gasteiger charge is 2.22. The van der Waals surface area contributed by atoms with Crippen LogP contribution >= 0.6 is 0 Å². The number of benzene rings is 1. The second-order valence-corrected chi connectivity index (χ2v) is 5.48. The van der Waals surface area contributed by atoms with Crippen LogP contribution < -0.4 is 5.32 Å². The van der Waals surface area contributed by atoms with Gasteiger partial charge in [0.25, 0.3) is 0 Å². The van der Waals surface area contributed by atoms with E-state index in [1.54, 1.807) is 9.80 Å². The molecule has 6 heteroatoms. The Morgan fingerprint density at radius 2 is 1.77 bits per heavy atom. The quantitative estimate of drug-likeness (QED) is 0.867. The maximum Gasteiger partial charge on any atom is 0.409 e. The van der Waals surface area contributed by atoms with Crippen LogP contribution in [0.5, 0.6) is 0 Å². The van der Waals surface area contributed by atoms with Crippen molar-refractivity contribution in [3.63, 3.8) is 0 Å². The van der Waals surface area contributed by atoms with Crippen molar-refractivity contribution in [2.75, 3.05) is 38.6 Å². The first-order valence-electron chi connectivity index (χ1n) is 7.48. The number of ether oxygens (including phenoxy) is 1. The van der Waals surface area contributed by atoms with Crippen molar-refractivity contribution >= 4 is 17.8 Å². The molecule has 0 spiro atoms. The van der Waals surface area contributed by atoms with Crippen molar-refractivity contribution in [3.05, 3.63) is 29.3 Å². The summed E-state index contributed by atoms with van der Waals surface area (Å²) in [6.07, 6.45) is 0.409. The minimum atomic E-state index is -0.336. The number of nitrogens with zero attached hydrogens (tertiary/aromatic N) is 2. The molecular formula is C16H23N3O3. The number of urea groups is 1. The first kappa shape index (κ1) is 16.1. The molecule has 6 nitrogen and oxygen atoms in total. The standard InChI is InChI=1S/C16H23N3O3/c1-12-6-4-7-14(13(12)2)17-15(20)18-8-5-9-19(11-10-18)16(21)22-3/h4,6-7H,5,8-11H2,1-3H3,(H,17,20). The van der Waals surface area contributed by atoms with Crippen LogP contribution in [0.1, 0.15) is 17.5 Å². The zero-order valence-electron chi connectivity index (χ0n) is 13.4. The average molecular weight is 305 g/mol. The van der Waals surface area contributed by atoms with Gasteiger partial charge in [0.05, 0.1) is 7.11 Å². The normalized spacial score (nSPS) is 15.2. The van der Waals surface area contributed by atoms with Gasteiger partial charge < -0.3 is 19.9 Å². The molecule has 1 heterocycles. The van der Waals surface area contributed by atoms with Gasteiger partial charge in [-0.2, -0.15) is 0 Å². The molecule has 0 unspecified atom stereocenters. The molecule has 0 bridgehead atoms. The topological polar surface area (TPSA) is 61.9 Å². The maximum atomic E-state index is 12.4. The molecule has 1 fully saturated rings. The van der Waals surface area contributed by atoms with Crippen molar-refractivity contribution in [2.24, 2.45) is 0 Å². The van der Waals surface area contributed by atoms with Gasteiger partial charge in [0.1, 0.15) is 0 Å². The van der Waals surface area contributed by atoms with Gasteiger partial charge >= 0.3 is 12.1 Å². The third-order valence-corrected chi connectivity index (χ3v) is 4.06. The predicted molar refractivity (Wildman–Crippen MR) is 85.1 cm³/mol. The summed E-state index contributed by atoms with van der Waals surface area (Å²) in [6, 6.07) is 5.73. The summed E-state index contributed by atoms with van der Waals surface area (Å²) < 4.78 is 4.73. The maximum absolute atomic E-state index is 12.4. The lowest BCUT2D eigenvalue weighted by atomic mass is 10.1. The minimum Gasteiger partial charge on any atom is -0.453 e. The van der Waals surface area contributed by atoms with Crippen molar-refractivity contribution in [1.82, 2.24) is 9.80 Å². The molecule has 1 aromatic rings. The van der Waals surface area contributed by atoms with E-state index >= 15 is 0 Å². The number of carbonyl (C=O) groups excluding carboxylic acids is 2. The Kier molecular flexibility index (Phi) is 5.25. The second kappa shape index (κ2) is 7.15. The molecular weight excluding hydrogens is 282 g/mol. The third-order valence-electron chi connectivity index (χ3n) is 4.06. The van der Waals surface area contributed by atoms with E-state index in [0.717, 1.165) is 23.2 Å². The van der Waals surface area contributed by atoms with Crippen LogP contribution in [0, 0.1) is 13.8 Å². The summed E-state index contributed by atoms with van der Waals surface area (Å²) in [5.41, 5.74) is 3.05. The minimum absolute atomic E-state index is 0.125. The van der Waals surface area contributed by atoms with E-state index in [1.807, 2.05) is 32.0 Å². The van der Waals surface area contributed by atoms with Gasteiger partial charge in [-0.3, -0.25) is 0 Å². The number of hydrogen-bond acceptors (Lipinski definition) is 3. The Morgan fingerprint density at radius 1 is 1.09 bits per heavy atom. The third kappa shape index (κ3) is 3.69. The van der Waals surface area contributed by atoms with Gasteiger partial charge in [0, 0.05) is 31.9 Å². The number of aryl methyl sites for hydroxylation is 1. The number of carbonyl (C=O) groups is 2. The Bertz CT molecular complexity index is 560. The average Bonchev–Trinajstić information content (AvgIpc) is 2.77. The van der Waals surface area contributed by atoms with Gasteiger partial charge in [-0.25, -0.2) is 9.59 Å². The fraction of sp³-hybridized carbons (Fsp3) is 0.500. The van der Waals surface area contributed by atoms with Crippen molar-refractivity contribution < 1.29 is 14.3 Å². The van der Waals surface area contributed by atoms with Gasteiger partial charge in [0.15, 0.2) is 0 Å². The number of rotatable bonds is 1. The highest BCUT2D eigenvalue weighted by atomic mass is 16.5. The van der Waals surface area contributed by atoms with Crippen molar-refractivity contribution in [2.45, 2.75) is 20.3 Å². The smallest absolute Gasteiger partial charge is 0.409 e. The second-order valence-electron chi connectivity index (χ2n) is 5.48. The Hall–Kier alpha value is -2.24. The number of anilines is 1. The largest absolute Gasteiger partial charge is 0.453 e. The summed E-state index contributed by atoms with van der Waals surface area (Å²) in [6.45, 7) is 6.25. The fourth-order valence-corrected chi connectivity index (χ4v) is 2.51. The van der Waals surface area contributed by atoms with Crippen LogP contribution in [0.3, 0.4) is 0 Å². The zero-order chi connectivity index (χ0) is 16.1. The highest BCUT2D eigenvalue weighted by molar-refractivity contribution is 5.90. The van der Waals surface area contributed by atoms with E-state index in [1.165, 1.54) is 7.11 Å². The van der Waals surface area contributed by atoms with Crippen LogP contribution in [0.25, 0.3) is 0 Å². The van der Waals surface area contributed by atoms with Gasteiger partial charge in [-0.05, 0) is 37.5 Å². The summed E-state index contributed by atoms with van der Waals surface area (Å²) in [7, 11) is 1.37. The van der Waals surface area contributed by atoms with E-state index < -0.39 is 0 Å². The van der Waals surface area contributed by atoms with Crippen LogP contribution in [-0.2, 0) is 4.74 Å². The lowest BCUT2D eigenvalue weighted by Gasteiger charge is -2.22. The molecule has 0 radical (unpaired) electrons. The van der Waals surface area contributed by atoms with Gasteiger partial charge in [-0.15, -0.1) is 0 Å². The van der Waals surface area contributed by atoms with Crippen LogP contribution in [0.15, 0.2) is 18.2 Å². The Labute approximate surface area is 131 Å². The lowest BCUT2D eigenvalue weighted by molar-refractivity contribution is 0.125. The fourth-order valence-electron chi connectivity index (χ4n) is 2.51. The van der Waals surface area contributed by atoms with E-state index in [-0.39, 0.29) is 12.1 Å². The molecule has 0 aromatic heterocycles. The number of amides is 3. The van der Waals surface area contributed by atoms with Gasteiger partial charge in [0.2, 0.25) is 0 Å². The molecule has 22 heavy (non-hydrogen) atoms. The zero-order valence-corrected chi connectivity index (χ0v) is 13.4. The number of hydrogen-bond donors (Lipinski definition) is 1. The van der Waals surface area contributed by atoms with Crippen LogP contribution in [-0.4, -0.2) is 55.2 Å². The first-order valence-corrected chi connectivity index (χ1v) is 7.48. The van der Waals surface area contributed by atoms with E-state index in [0.29, 0.717) is 26.2 Å². The molecule has 2 rings (SSSR count). The lowest BCUT2D eigenvalue weighted by Crippen LogP contribution is -2.39. The first-order chi connectivity index (χ1) is 10.5. The molecule has 1 N–H and O–H groups in total. The van der Waals surface area contributed by atoms with Crippen LogP contribution in [0.4, 0.5) is 15.3 Å². The number of nitrogens with one attached hydrogen (secondary N) is 1. The van der Waals surface area contributed by atoms with Crippen molar-refractivity contribution in [1.29, 1.82) is 0 Å². The SMILES string of the molecule is COC(=O)N1CCCN(C(=O)Nc2cccc(C)c2C)CC1. The van der Waals surface area contributed by atoms with E-state index in [9.17, 15) is 9.59 Å². The monoisotopic (exact) mass is 305 g/mol. The summed E-state index contributed by atoms with van der Waals surface area (Å²) in [4.78, 5) is 27.3.